The number of hydrogen-bond acceptors (Lipinski definition) is 6. The van der Waals surface area contributed by atoms with Gasteiger partial charge in [0.15, 0.2) is 5.78 Å². The van der Waals surface area contributed by atoms with E-state index >= 15 is 0 Å². The lowest BCUT2D eigenvalue weighted by atomic mass is 9.45. The molecule has 0 aromatic rings. The highest BCUT2D eigenvalue weighted by Gasteiger charge is 2.63. The van der Waals surface area contributed by atoms with Crippen LogP contribution in [0.1, 0.15) is 184 Å². The van der Waals surface area contributed by atoms with Crippen LogP contribution >= 0.6 is 0 Å². The number of ketones is 2. The Bertz CT molecular complexity index is 1980. The van der Waals surface area contributed by atoms with Gasteiger partial charge in [0.1, 0.15) is 5.78 Å². The fourth-order valence-electron chi connectivity index (χ4n) is 19.1. The Morgan fingerprint density at radius 3 is 1.76 bits per heavy atom. The summed E-state index contributed by atoms with van der Waals surface area (Å²) in [6.45, 7) is 24.4. The zero-order valence-corrected chi connectivity index (χ0v) is 41.1. The van der Waals surface area contributed by atoms with E-state index in [1.165, 1.54) is 76.2 Å². The molecule has 8 aliphatic carbocycles. The van der Waals surface area contributed by atoms with Crippen molar-refractivity contribution in [1.82, 2.24) is 10.6 Å². The number of Topliss-reactive ketones (excluding diaryl/α,β-unsaturated/α-hetero) is 1. The first-order chi connectivity index (χ1) is 30.0. The zero-order valence-electron chi connectivity index (χ0n) is 41.1. The normalized spacial score (nSPS) is 53.5. The molecule has 12 aliphatic rings. The molecule has 2 N–H and O–H groups in total. The summed E-state index contributed by atoms with van der Waals surface area (Å²) in [6.07, 6.45) is 24.9. The summed E-state index contributed by atoms with van der Waals surface area (Å²) in [5, 5.41) is 7.71. The maximum atomic E-state index is 12.4. The molecule has 0 radical (unpaired) electrons. The molecule has 19 atom stereocenters. The topological polar surface area (TPSA) is 76.7 Å². The van der Waals surface area contributed by atoms with Gasteiger partial charge in [0.25, 0.3) is 0 Å². The minimum absolute atomic E-state index is 0.0458. The number of ether oxygens (including phenoxy) is 2. The van der Waals surface area contributed by atoms with E-state index in [4.69, 9.17) is 9.47 Å². The van der Waals surface area contributed by atoms with E-state index in [0.29, 0.717) is 53.1 Å². The smallest absolute Gasteiger partial charge is 0.155 e. The van der Waals surface area contributed by atoms with Crippen molar-refractivity contribution in [3.05, 3.63) is 33.9 Å². The van der Waals surface area contributed by atoms with E-state index < -0.39 is 0 Å². The van der Waals surface area contributed by atoms with Crippen LogP contribution in [0.2, 0.25) is 0 Å². The second kappa shape index (κ2) is 15.5. The van der Waals surface area contributed by atoms with Crippen LogP contribution in [-0.4, -0.2) is 60.1 Å². The molecule has 63 heavy (non-hydrogen) atoms. The quantitative estimate of drug-likeness (QED) is 0.236. The van der Waals surface area contributed by atoms with E-state index in [9.17, 15) is 9.59 Å². The summed E-state index contributed by atoms with van der Waals surface area (Å²) in [5.74, 6) is 8.23. The van der Waals surface area contributed by atoms with Gasteiger partial charge in [0, 0.05) is 43.2 Å². The molecule has 4 heterocycles. The fraction of sp³-hybridized carbons (Fsp3) is 0.860. The second-order valence-electron chi connectivity index (χ2n) is 26.1. The Kier molecular flexibility index (Phi) is 10.8. The average Bonchev–Trinajstić information content (AvgIpc) is 3.91. The van der Waals surface area contributed by atoms with E-state index in [-0.39, 0.29) is 22.0 Å². The molecule has 0 aromatic heterocycles. The summed E-state index contributed by atoms with van der Waals surface area (Å²) < 4.78 is 14.0. The summed E-state index contributed by atoms with van der Waals surface area (Å²) in [7, 11) is 0. The predicted octanol–water partition coefficient (Wildman–Crippen LogP) is 11.7. The highest BCUT2D eigenvalue weighted by atomic mass is 16.5. The maximum absolute atomic E-state index is 12.4. The SMILES string of the molecule is CC1=C2C[C@H]3[C@@H](CCC4=CC(=O)CC[C@@]43C)[C@@H]2CC[C@@]2(C1)O[C@@H]1C[C@H](C)CN[C@H]1[C@H]2C.CC1=C2C[C@H]3[C@@H](CC[C@]4(C)CC(=O)CC[C@]34C)[C@@H]2CC[C@@]2(C1)O[C@@H]1C[C@H](C)CN[C@H]1[C@H]2C. The van der Waals surface area contributed by atoms with Crippen LogP contribution in [-0.2, 0) is 19.1 Å². The van der Waals surface area contributed by atoms with Crippen molar-refractivity contribution in [2.24, 2.45) is 75.4 Å². The van der Waals surface area contributed by atoms with Crippen LogP contribution in [0.5, 0.6) is 0 Å². The molecule has 0 aromatic carbocycles. The predicted molar refractivity (Wildman–Crippen MR) is 252 cm³/mol. The van der Waals surface area contributed by atoms with Crippen LogP contribution < -0.4 is 10.6 Å². The van der Waals surface area contributed by atoms with Crippen molar-refractivity contribution < 1.29 is 19.1 Å². The van der Waals surface area contributed by atoms with Gasteiger partial charge in [0.2, 0.25) is 0 Å². The summed E-state index contributed by atoms with van der Waals surface area (Å²) in [4.78, 5) is 24.5. The number of fused-ring (bicyclic) bond motifs is 12. The van der Waals surface area contributed by atoms with Gasteiger partial charge in [-0.2, -0.15) is 0 Å². The number of piperidine rings is 2. The summed E-state index contributed by atoms with van der Waals surface area (Å²) in [5.41, 5.74) is 9.32. The fourth-order valence-corrected chi connectivity index (χ4v) is 19.1. The highest BCUT2D eigenvalue weighted by molar-refractivity contribution is 5.91. The minimum atomic E-state index is 0.0458. The third-order valence-electron chi connectivity index (χ3n) is 23.1. The van der Waals surface area contributed by atoms with Crippen molar-refractivity contribution in [2.75, 3.05) is 13.1 Å². The number of allylic oxidation sites excluding steroid dienone is 4. The van der Waals surface area contributed by atoms with Gasteiger partial charge in [-0.1, -0.05) is 76.3 Å². The van der Waals surface area contributed by atoms with Crippen molar-refractivity contribution in [3.63, 3.8) is 0 Å². The first-order valence-corrected chi connectivity index (χ1v) is 26.9. The van der Waals surface area contributed by atoms with Crippen molar-refractivity contribution in [3.8, 4) is 0 Å². The molecule has 6 heteroatoms. The van der Waals surface area contributed by atoms with Gasteiger partial charge in [-0.15, -0.1) is 0 Å². The van der Waals surface area contributed by atoms with Crippen LogP contribution in [0, 0.1) is 75.4 Å². The molecular formula is C57H86N2O4. The number of nitrogens with one attached hydrogen (secondary N) is 2. The molecule has 0 amide bonds. The summed E-state index contributed by atoms with van der Waals surface area (Å²) in [6, 6.07) is 1.09. The van der Waals surface area contributed by atoms with Gasteiger partial charge < -0.3 is 20.1 Å². The standard InChI is InChI=1S/C29H45NO2.C28H41NO2/c1-17-12-25-26(30-16-17)19(3)29(32-25)11-8-21-22-7-9-27(4)15-20(31)6-10-28(27,5)24(22)13-23(21)18(2)14-29;1-16-11-25-26(29-15-16)18(3)28(31-25)10-8-21-22-6-5-19-12-20(30)7-9-27(19,4)24(22)13-23(21)17(2)14-28/h17,19,21-22,24-26,30H,6-16H2,1-5H3;12,16,18,21-22,24-26,29H,5-11,13-15H2,1-4H3/t17-,19+,21-,22-,24-,25+,26-,27+,28+,29-;16-,18+,21-,22-,24-,25+,26-,27-,28-/m00/s1. The Morgan fingerprint density at radius 1 is 0.619 bits per heavy atom. The first kappa shape index (κ1) is 43.9. The first-order valence-electron chi connectivity index (χ1n) is 26.9. The van der Waals surface area contributed by atoms with Gasteiger partial charge >= 0.3 is 0 Å². The molecule has 6 nitrogen and oxygen atoms in total. The van der Waals surface area contributed by atoms with Crippen LogP contribution in [0.4, 0.5) is 0 Å². The Hall–Kier alpha value is -1.60. The largest absolute Gasteiger partial charge is 0.369 e. The van der Waals surface area contributed by atoms with E-state index in [1.807, 2.05) is 11.6 Å². The number of carbonyl (C=O) groups excluding carboxylic acids is 2. The van der Waals surface area contributed by atoms with Crippen LogP contribution in [0.15, 0.2) is 33.9 Å². The lowest BCUT2D eigenvalue weighted by molar-refractivity contribution is -0.142. The van der Waals surface area contributed by atoms with E-state index in [2.05, 4.69) is 72.9 Å². The second-order valence-corrected chi connectivity index (χ2v) is 26.1. The molecular weight excluding hydrogens is 777 g/mol. The van der Waals surface area contributed by atoms with Gasteiger partial charge in [0.05, 0.1) is 23.4 Å². The third kappa shape index (κ3) is 6.70. The maximum Gasteiger partial charge on any atom is 0.155 e. The third-order valence-corrected chi connectivity index (χ3v) is 23.1. The molecule has 0 bridgehead atoms. The molecule has 4 saturated heterocycles. The average molecular weight is 863 g/mol. The van der Waals surface area contributed by atoms with Gasteiger partial charge in [-0.05, 0) is 199 Å². The van der Waals surface area contributed by atoms with Crippen molar-refractivity contribution in [2.45, 2.75) is 220 Å². The Morgan fingerprint density at radius 2 is 1.17 bits per heavy atom. The molecule has 4 aliphatic heterocycles. The van der Waals surface area contributed by atoms with Crippen molar-refractivity contribution in [1.29, 1.82) is 0 Å². The summed E-state index contributed by atoms with van der Waals surface area (Å²) >= 11 is 0. The minimum Gasteiger partial charge on any atom is -0.369 e. The van der Waals surface area contributed by atoms with Crippen LogP contribution in [0.3, 0.4) is 0 Å². The van der Waals surface area contributed by atoms with Crippen molar-refractivity contribution >= 4 is 11.6 Å². The molecule has 9 fully saturated rings. The van der Waals surface area contributed by atoms with E-state index in [1.54, 1.807) is 16.7 Å². The highest BCUT2D eigenvalue weighted by Crippen LogP contribution is 2.69. The van der Waals surface area contributed by atoms with Crippen LogP contribution in [0.25, 0.3) is 0 Å². The van der Waals surface area contributed by atoms with Gasteiger partial charge in [-0.3, -0.25) is 9.59 Å². The Balaban J connectivity index is 0.000000141. The van der Waals surface area contributed by atoms with E-state index in [0.717, 1.165) is 112 Å². The monoisotopic (exact) mass is 863 g/mol. The molecule has 5 saturated carbocycles. The number of rotatable bonds is 0. The molecule has 12 rings (SSSR count). The molecule has 0 unspecified atom stereocenters. The zero-order chi connectivity index (χ0) is 44.0. The molecule has 2 spiro atoms. The number of carbonyl (C=O) groups is 2. The number of hydrogen-bond donors (Lipinski definition) is 2. The lowest BCUT2D eigenvalue weighted by Crippen LogP contribution is -2.52. The lowest BCUT2D eigenvalue weighted by Gasteiger charge is -2.58. The van der Waals surface area contributed by atoms with Gasteiger partial charge in [-0.25, -0.2) is 0 Å². The molecule has 348 valence electrons. The Labute approximate surface area is 382 Å².